The van der Waals surface area contributed by atoms with Crippen molar-refractivity contribution in [1.82, 2.24) is 0 Å². The minimum absolute atomic E-state index is 0.0675. The first-order valence-corrected chi connectivity index (χ1v) is 5.30. The molecule has 15 heavy (non-hydrogen) atoms. The van der Waals surface area contributed by atoms with E-state index in [0.717, 1.165) is 16.7 Å². The van der Waals surface area contributed by atoms with Crippen LogP contribution in [0.4, 0.5) is 0 Å². The third kappa shape index (κ3) is 2.72. The van der Waals surface area contributed by atoms with E-state index in [1.807, 2.05) is 13.0 Å². The van der Waals surface area contributed by atoms with Crippen LogP contribution in [-0.4, -0.2) is 16.8 Å². The summed E-state index contributed by atoms with van der Waals surface area (Å²) in [6.07, 6.45) is 0.648. The first kappa shape index (κ1) is 12.1. The molecule has 2 N–H and O–H groups in total. The summed E-state index contributed by atoms with van der Waals surface area (Å²) >= 11 is 0. The maximum atomic E-state index is 9.86. The lowest BCUT2D eigenvalue weighted by Crippen LogP contribution is -2.12. The van der Waals surface area contributed by atoms with Crippen LogP contribution in [0.15, 0.2) is 12.1 Å². The number of aromatic hydroxyl groups is 1. The molecule has 0 radical (unpaired) electrons. The van der Waals surface area contributed by atoms with E-state index in [0.29, 0.717) is 12.2 Å². The standard InChI is InChI=1S/C13H20O2/c1-9-7-12(15)11(13(2,3)4)8-10(9)5-6-14/h7-8,14-15H,5-6H2,1-4H3. The number of hydrogen-bond donors (Lipinski definition) is 2. The Kier molecular flexibility index (Phi) is 3.40. The van der Waals surface area contributed by atoms with E-state index in [4.69, 9.17) is 5.11 Å². The third-order valence-corrected chi connectivity index (χ3v) is 2.64. The molecular weight excluding hydrogens is 188 g/mol. The normalized spacial score (nSPS) is 11.8. The third-order valence-electron chi connectivity index (χ3n) is 2.64. The summed E-state index contributed by atoms with van der Waals surface area (Å²) in [5.74, 6) is 0.349. The SMILES string of the molecule is Cc1cc(O)c(C(C)(C)C)cc1CCO. The maximum absolute atomic E-state index is 9.86. The van der Waals surface area contributed by atoms with Gasteiger partial charge in [0.15, 0.2) is 0 Å². The molecule has 0 amide bonds. The zero-order chi connectivity index (χ0) is 11.6. The predicted molar refractivity (Wildman–Crippen MR) is 62.3 cm³/mol. The molecular formula is C13H20O2. The van der Waals surface area contributed by atoms with Crippen LogP contribution in [0.25, 0.3) is 0 Å². The minimum Gasteiger partial charge on any atom is -0.508 e. The molecule has 1 aromatic rings. The fourth-order valence-corrected chi connectivity index (χ4v) is 1.73. The van der Waals surface area contributed by atoms with Crippen LogP contribution < -0.4 is 0 Å². The number of hydrogen-bond acceptors (Lipinski definition) is 2. The molecule has 0 bridgehead atoms. The van der Waals surface area contributed by atoms with Gasteiger partial charge in [-0.05, 0) is 41.5 Å². The molecule has 0 unspecified atom stereocenters. The Balaban J connectivity index is 3.23. The first-order chi connectivity index (χ1) is 6.86. The molecule has 0 fully saturated rings. The molecule has 2 heteroatoms. The van der Waals surface area contributed by atoms with Crippen LogP contribution in [0.1, 0.15) is 37.5 Å². The van der Waals surface area contributed by atoms with Gasteiger partial charge >= 0.3 is 0 Å². The number of aliphatic hydroxyl groups excluding tert-OH is 1. The average Bonchev–Trinajstić information content (AvgIpc) is 2.07. The summed E-state index contributed by atoms with van der Waals surface area (Å²) in [5, 5.41) is 18.8. The highest BCUT2D eigenvalue weighted by atomic mass is 16.3. The fourth-order valence-electron chi connectivity index (χ4n) is 1.73. The highest BCUT2D eigenvalue weighted by Crippen LogP contribution is 2.32. The molecule has 0 atom stereocenters. The summed E-state index contributed by atoms with van der Waals surface area (Å²) in [5.41, 5.74) is 3.02. The zero-order valence-corrected chi connectivity index (χ0v) is 9.96. The molecule has 0 aromatic heterocycles. The van der Waals surface area contributed by atoms with E-state index >= 15 is 0 Å². The van der Waals surface area contributed by atoms with Crippen LogP contribution in [0.2, 0.25) is 0 Å². The van der Waals surface area contributed by atoms with Crippen molar-refractivity contribution in [1.29, 1.82) is 0 Å². The van der Waals surface area contributed by atoms with Gasteiger partial charge in [-0.1, -0.05) is 26.8 Å². The van der Waals surface area contributed by atoms with E-state index in [2.05, 4.69) is 20.8 Å². The molecule has 0 heterocycles. The second-order valence-electron chi connectivity index (χ2n) is 5.02. The summed E-state index contributed by atoms with van der Waals surface area (Å²) in [6, 6.07) is 3.78. The van der Waals surface area contributed by atoms with Gasteiger partial charge in [0.1, 0.15) is 5.75 Å². The van der Waals surface area contributed by atoms with Gasteiger partial charge in [0.2, 0.25) is 0 Å². The van der Waals surface area contributed by atoms with Crippen LogP contribution in [-0.2, 0) is 11.8 Å². The lowest BCUT2D eigenvalue weighted by atomic mass is 9.84. The molecule has 0 saturated heterocycles. The Morgan fingerprint density at radius 3 is 2.27 bits per heavy atom. The second-order valence-corrected chi connectivity index (χ2v) is 5.02. The van der Waals surface area contributed by atoms with Crippen molar-refractivity contribution >= 4 is 0 Å². The van der Waals surface area contributed by atoms with E-state index in [-0.39, 0.29) is 12.0 Å². The van der Waals surface area contributed by atoms with E-state index in [9.17, 15) is 5.11 Å². The van der Waals surface area contributed by atoms with Crippen LogP contribution in [0, 0.1) is 6.92 Å². The summed E-state index contributed by atoms with van der Waals surface area (Å²) in [4.78, 5) is 0. The molecule has 2 nitrogen and oxygen atoms in total. The van der Waals surface area contributed by atoms with Gasteiger partial charge in [-0.15, -0.1) is 0 Å². The lowest BCUT2D eigenvalue weighted by molar-refractivity contribution is 0.299. The summed E-state index contributed by atoms with van der Waals surface area (Å²) in [6.45, 7) is 8.31. The molecule has 84 valence electrons. The Morgan fingerprint density at radius 1 is 1.20 bits per heavy atom. The van der Waals surface area contributed by atoms with Crippen LogP contribution in [0.5, 0.6) is 5.75 Å². The number of benzene rings is 1. The second kappa shape index (κ2) is 4.23. The topological polar surface area (TPSA) is 40.5 Å². The van der Waals surface area contributed by atoms with Gasteiger partial charge in [0.25, 0.3) is 0 Å². The molecule has 0 aliphatic rings. The summed E-state index contributed by atoms with van der Waals surface area (Å²) in [7, 11) is 0. The Labute approximate surface area is 91.6 Å². The van der Waals surface area contributed by atoms with Crippen molar-refractivity contribution in [3.63, 3.8) is 0 Å². The lowest BCUT2D eigenvalue weighted by Gasteiger charge is -2.22. The number of rotatable bonds is 2. The van der Waals surface area contributed by atoms with E-state index in [1.165, 1.54) is 0 Å². The average molecular weight is 208 g/mol. The van der Waals surface area contributed by atoms with Crippen LogP contribution >= 0.6 is 0 Å². The largest absolute Gasteiger partial charge is 0.508 e. The van der Waals surface area contributed by atoms with Gasteiger partial charge < -0.3 is 10.2 Å². The highest BCUT2D eigenvalue weighted by Gasteiger charge is 2.19. The predicted octanol–water partition coefficient (Wildman–Crippen LogP) is 2.53. The van der Waals surface area contributed by atoms with Crippen molar-refractivity contribution in [2.24, 2.45) is 0 Å². The Morgan fingerprint density at radius 2 is 1.80 bits per heavy atom. The molecule has 0 saturated carbocycles. The first-order valence-electron chi connectivity index (χ1n) is 5.30. The number of aliphatic hydroxyl groups is 1. The summed E-state index contributed by atoms with van der Waals surface area (Å²) < 4.78 is 0. The van der Waals surface area contributed by atoms with Crippen molar-refractivity contribution in [2.45, 2.75) is 39.5 Å². The Bertz CT molecular complexity index is 348. The van der Waals surface area contributed by atoms with Crippen molar-refractivity contribution in [2.75, 3.05) is 6.61 Å². The smallest absolute Gasteiger partial charge is 0.119 e. The van der Waals surface area contributed by atoms with Gasteiger partial charge in [-0.25, -0.2) is 0 Å². The highest BCUT2D eigenvalue weighted by molar-refractivity contribution is 5.44. The zero-order valence-electron chi connectivity index (χ0n) is 9.96. The number of phenols is 1. The minimum atomic E-state index is -0.0675. The van der Waals surface area contributed by atoms with Gasteiger partial charge in [-0.2, -0.15) is 0 Å². The van der Waals surface area contributed by atoms with Crippen LogP contribution in [0.3, 0.4) is 0 Å². The van der Waals surface area contributed by atoms with Crippen molar-refractivity contribution < 1.29 is 10.2 Å². The van der Waals surface area contributed by atoms with Crippen molar-refractivity contribution in [3.05, 3.63) is 28.8 Å². The Hall–Kier alpha value is -1.02. The van der Waals surface area contributed by atoms with Crippen molar-refractivity contribution in [3.8, 4) is 5.75 Å². The molecule has 0 aliphatic carbocycles. The molecule has 1 aromatic carbocycles. The molecule has 1 rings (SSSR count). The fraction of sp³-hybridized carbons (Fsp3) is 0.538. The maximum Gasteiger partial charge on any atom is 0.119 e. The quantitative estimate of drug-likeness (QED) is 0.784. The van der Waals surface area contributed by atoms with E-state index < -0.39 is 0 Å². The van der Waals surface area contributed by atoms with Gasteiger partial charge in [-0.3, -0.25) is 0 Å². The molecule has 0 spiro atoms. The number of aryl methyl sites for hydroxylation is 1. The molecule has 0 aliphatic heterocycles. The number of phenolic OH excluding ortho intramolecular Hbond substituents is 1. The van der Waals surface area contributed by atoms with E-state index in [1.54, 1.807) is 6.07 Å². The van der Waals surface area contributed by atoms with Gasteiger partial charge in [0, 0.05) is 6.61 Å². The van der Waals surface area contributed by atoms with Gasteiger partial charge in [0.05, 0.1) is 0 Å². The monoisotopic (exact) mass is 208 g/mol.